The molecule has 0 amide bonds. The van der Waals surface area contributed by atoms with Crippen molar-refractivity contribution in [1.82, 2.24) is 4.98 Å². The molecule has 0 aliphatic heterocycles. The van der Waals surface area contributed by atoms with E-state index in [1.165, 1.54) is 31.2 Å². The Kier molecular flexibility index (Phi) is 5.02. The third-order valence-corrected chi connectivity index (χ3v) is 4.22. The minimum absolute atomic E-state index is 0. The molecule has 2 aromatic rings. The van der Waals surface area contributed by atoms with Crippen molar-refractivity contribution in [3.05, 3.63) is 60.3 Å². The zero-order chi connectivity index (χ0) is 13.0. The topological polar surface area (TPSA) is 24.9 Å². The molecule has 1 saturated carbocycles. The highest BCUT2D eigenvalue weighted by atomic mass is 35.5. The summed E-state index contributed by atoms with van der Waals surface area (Å²) in [6, 6.07) is 16.9. The van der Waals surface area contributed by atoms with E-state index in [9.17, 15) is 0 Å². The second kappa shape index (κ2) is 6.76. The summed E-state index contributed by atoms with van der Waals surface area (Å²) in [5.74, 6) is 0.977. The van der Waals surface area contributed by atoms with Crippen molar-refractivity contribution in [2.75, 3.05) is 11.9 Å². The van der Waals surface area contributed by atoms with E-state index in [-0.39, 0.29) is 12.4 Å². The molecule has 0 bridgehead atoms. The number of halogens is 1. The van der Waals surface area contributed by atoms with Gasteiger partial charge in [0.2, 0.25) is 0 Å². The van der Waals surface area contributed by atoms with Crippen LogP contribution in [0.4, 0.5) is 5.82 Å². The summed E-state index contributed by atoms with van der Waals surface area (Å²) in [7, 11) is 0. The van der Waals surface area contributed by atoms with E-state index < -0.39 is 0 Å². The first-order chi connectivity index (χ1) is 9.39. The molecule has 0 saturated heterocycles. The number of aromatic nitrogens is 1. The Labute approximate surface area is 127 Å². The number of pyridine rings is 1. The summed E-state index contributed by atoms with van der Waals surface area (Å²) in [5, 5.41) is 3.51. The largest absolute Gasteiger partial charge is 0.369 e. The molecular weight excluding hydrogens is 268 g/mol. The van der Waals surface area contributed by atoms with Gasteiger partial charge in [0.25, 0.3) is 0 Å². The molecule has 20 heavy (non-hydrogen) atoms. The van der Waals surface area contributed by atoms with E-state index in [0.717, 1.165) is 12.4 Å². The summed E-state index contributed by atoms with van der Waals surface area (Å²) in [4.78, 5) is 4.35. The van der Waals surface area contributed by atoms with Gasteiger partial charge >= 0.3 is 0 Å². The van der Waals surface area contributed by atoms with Gasteiger partial charge in [-0.2, -0.15) is 0 Å². The van der Waals surface area contributed by atoms with Gasteiger partial charge in [-0.15, -0.1) is 12.4 Å². The van der Waals surface area contributed by atoms with Crippen LogP contribution in [0, 0.1) is 0 Å². The van der Waals surface area contributed by atoms with Crippen LogP contribution >= 0.6 is 12.4 Å². The van der Waals surface area contributed by atoms with E-state index >= 15 is 0 Å². The molecule has 1 N–H and O–H groups in total. The van der Waals surface area contributed by atoms with E-state index in [2.05, 4.69) is 40.6 Å². The first kappa shape index (κ1) is 14.9. The zero-order valence-corrected chi connectivity index (χ0v) is 12.4. The molecule has 3 rings (SSSR count). The number of rotatable bonds is 4. The maximum absolute atomic E-state index is 4.35. The van der Waals surface area contributed by atoms with Crippen LogP contribution in [-0.2, 0) is 5.41 Å². The quantitative estimate of drug-likeness (QED) is 0.900. The summed E-state index contributed by atoms with van der Waals surface area (Å²) < 4.78 is 0. The fraction of sp³-hybridized carbons (Fsp3) is 0.353. The Morgan fingerprint density at radius 3 is 2.30 bits per heavy atom. The summed E-state index contributed by atoms with van der Waals surface area (Å²) in [6.45, 7) is 0.980. The molecule has 1 fully saturated rings. The Morgan fingerprint density at radius 1 is 0.950 bits per heavy atom. The minimum atomic E-state index is 0. The molecule has 106 valence electrons. The molecule has 1 aromatic heterocycles. The number of nitrogens with one attached hydrogen (secondary N) is 1. The van der Waals surface area contributed by atoms with Gasteiger partial charge in [0, 0.05) is 18.2 Å². The highest BCUT2D eigenvalue weighted by molar-refractivity contribution is 5.85. The zero-order valence-electron chi connectivity index (χ0n) is 11.6. The maximum atomic E-state index is 4.35. The van der Waals surface area contributed by atoms with Crippen molar-refractivity contribution in [2.24, 2.45) is 0 Å². The molecule has 1 aliphatic carbocycles. The highest BCUT2D eigenvalue weighted by Gasteiger charge is 2.35. The van der Waals surface area contributed by atoms with Gasteiger partial charge in [0.1, 0.15) is 5.82 Å². The van der Waals surface area contributed by atoms with Crippen molar-refractivity contribution in [2.45, 2.75) is 31.1 Å². The molecule has 0 unspecified atom stereocenters. The number of hydrogen-bond acceptors (Lipinski definition) is 2. The molecule has 2 nitrogen and oxygen atoms in total. The lowest BCUT2D eigenvalue weighted by Gasteiger charge is -2.30. The monoisotopic (exact) mass is 288 g/mol. The van der Waals surface area contributed by atoms with Crippen molar-refractivity contribution < 1.29 is 0 Å². The van der Waals surface area contributed by atoms with Crippen LogP contribution in [0.3, 0.4) is 0 Å². The van der Waals surface area contributed by atoms with Crippen molar-refractivity contribution in [3.63, 3.8) is 0 Å². The van der Waals surface area contributed by atoms with Crippen LogP contribution in [0.15, 0.2) is 54.7 Å². The van der Waals surface area contributed by atoms with E-state index in [0.29, 0.717) is 5.41 Å². The van der Waals surface area contributed by atoms with Crippen LogP contribution in [0.5, 0.6) is 0 Å². The molecule has 0 spiro atoms. The van der Waals surface area contributed by atoms with Crippen LogP contribution in [0.1, 0.15) is 31.2 Å². The van der Waals surface area contributed by atoms with E-state index in [4.69, 9.17) is 0 Å². The van der Waals surface area contributed by atoms with Gasteiger partial charge in [0.15, 0.2) is 0 Å². The number of nitrogens with zero attached hydrogens (tertiary/aromatic N) is 1. The average Bonchev–Trinajstić information content (AvgIpc) is 2.97. The average molecular weight is 289 g/mol. The maximum Gasteiger partial charge on any atom is 0.125 e. The fourth-order valence-corrected chi connectivity index (χ4v) is 3.14. The molecule has 0 radical (unpaired) electrons. The highest BCUT2D eigenvalue weighted by Crippen LogP contribution is 2.41. The number of anilines is 1. The Balaban J connectivity index is 0.00000147. The van der Waals surface area contributed by atoms with Crippen LogP contribution in [0.25, 0.3) is 0 Å². The van der Waals surface area contributed by atoms with Gasteiger partial charge in [-0.3, -0.25) is 0 Å². The molecule has 0 atom stereocenters. The minimum Gasteiger partial charge on any atom is -0.369 e. The third-order valence-electron chi connectivity index (χ3n) is 4.22. The predicted molar refractivity (Wildman–Crippen MR) is 86.6 cm³/mol. The summed E-state index contributed by atoms with van der Waals surface area (Å²) >= 11 is 0. The Hall–Kier alpha value is -1.54. The molecular formula is C17H21ClN2. The van der Waals surface area contributed by atoms with E-state index in [1.807, 2.05) is 24.4 Å². The van der Waals surface area contributed by atoms with Gasteiger partial charge < -0.3 is 5.32 Å². The SMILES string of the molecule is Cl.c1ccc(C2(CNc3ccccn3)CCCC2)cc1. The van der Waals surface area contributed by atoms with Gasteiger partial charge in [-0.1, -0.05) is 49.2 Å². The van der Waals surface area contributed by atoms with Crippen LogP contribution < -0.4 is 5.32 Å². The predicted octanol–water partition coefficient (Wildman–Crippen LogP) is 4.43. The molecule has 1 aliphatic rings. The normalized spacial score (nSPS) is 16.4. The number of benzene rings is 1. The van der Waals surface area contributed by atoms with Crippen molar-refractivity contribution >= 4 is 18.2 Å². The van der Waals surface area contributed by atoms with Crippen molar-refractivity contribution in [3.8, 4) is 0 Å². The van der Waals surface area contributed by atoms with Crippen molar-refractivity contribution in [1.29, 1.82) is 0 Å². The van der Waals surface area contributed by atoms with Gasteiger partial charge in [-0.05, 0) is 30.5 Å². The lowest BCUT2D eigenvalue weighted by molar-refractivity contribution is 0.466. The van der Waals surface area contributed by atoms with Gasteiger partial charge in [-0.25, -0.2) is 4.98 Å². The lowest BCUT2D eigenvalue weighted by Crippen LogP contribution is -2.31. The Bertz CT molecular complexity index is 507. The van der Waals surface area contributed by atoms with Crippen LogP contribution in [0.2, 0.25) is 0 Å². The number of hydrogen-bond donors (Lipinski definition) is 1. The standard InChI is InChI=1S/C17H20N2.ClH/c1-2-8-15(9-3-1)17(11-5-6-12-17)14-19-16-10-4-7-13-18-16;/h1-4,7-10,13H,5-6,11-12,14H2,(H,18,19);1H. The smallest absolute Gasteiger partial charge is 0.125 e. The second-order valence-corrected chi connectivity index (χ2v) is 5.42. The fourth-order valence-electron chi connectivity index (χ4n) is 3.14. The summed E-state index contributed by atoms with van der Waals surface area (Å²) in [5.41, 5.74) is 1.76. The van der Waals surface area contributed by atoms with Crippen LogP contribution in [-0.4, -0.2) is 11.5 Å². The second-order valence-electron chi connectivity index (χ2n) is 5.42. The third kappa shape index (κ3) is 3.13. The molecule has 3 heteroatoms. The summed E-state index contributed by atoms with van der Waals surface area (Å²) in [6.07, 6.45) is 7.05. The van der Waals surface area contributed by atoms with Gasteiger partial charge in [0.05, 0.1) is 0 Å². The first-order valence-corrected chi connectivity index (χ1v) is 7.10. The molecule has 1 aromatic carbocycles. The first-order valence-electron chi connectivity index (χ1n) is 7.10. The van der Waals surface area contributed by atoms with E-state index in [1.54, 1.807) is 0 Å². The molecule has 1 heterocycles. The Morgan fingerprint density at radius 2 is 1.65 bits per heavy atom. The lowest BCUT2D eigenvalue weighted by atomic mass is 9.79.